The second-order valence-electron chi connectivity index (χ2n) is 7.01. The van der Waals surface area contributed by atoms with Gasteiger partial charge in [0.25, 0.3) is 5.91 Å². The molecule has 4 rings (SSSR count). The first-order valence-electron chi connectivity index (χ1n) is 9.97. The average molecular weight is 488 g/mol. The SMILES string of the molecule is O=C(COc1cc(C(F)(F)F)nn1-c1ccccc1Cl)Nc1cccc(Oc2ccccc2)c1. The van der Waals surface area contributed by atoms with Gasteiger partial charge in [0.05, 0.1) is 10.7 Å². The molecule has 174 valence electrons. The predicted molar refractivity (Wildman–Crippen MR) is 121 cm³/mol. The van der Waals surface area contributed by atoms with Crippen molar-refractivity contribution in [2.75, 3.05) is 11.9 Å². The van der Waals surface area contributed by atoms with E-state index in [9.17, 15) is 18.0 Å². The summed E-state index contributed by atoms with van der Waals surface area (Å²) in [6.45, 7) is -0.558. The molecule has 0 spiro atoms. The summed E-state index contributed by atoms with van der Waals surface area (Å²) in [6, 6.07) is 22.7. The molecule has 1 amide bonds. The number of carbonyl (C=O) groups excluding carboxylic acids is 1. The van der Waals surface area contributed by atoms with Crippen LogP contribution >= 0.6 is 11.6 Å². The number of aromatic nitrogens is 2. The Morgan fingerprint density at radius 3 is 2.38 bits per heavy atom. The van der Waals surface area contributed by atoms with Crippen molar-refractivity contribution < 1.29 is 27.4 Å². The van der Waals surface area contributed by atoms with E-state index in [4.69, 9.17) is 21.1 Å². The van der Waals surface area contributed by atoms with E-state index < -0.39 is 24.4 Å². The highest BCUT2D eigenvalue weighted by Crippen LogP contribution is 2.33. The lowest BCUT2D eigenvalue weighted by Gasteiger charge is -2.11. The molecule has 0 aliphatic carbocycles. The van der Waals surface area contributed by atoms with Crippen molar-refractivity contribution in [2.24, 2.45) is 0 Å². The minimum Gasteiger partial charge on any atom is -0.467 e. The fourth-order valence-electron chi connectivity index (χ4n) is 3.00. The maximum atomic E-state index is 13.2. The number of anilines is 1. The summed E-state index contributed by atoms with van der Waals surface area (Å²) < 4.78 is 51.7. The molecule has 0 aliphatic rings. The number of nitrogens with zero attached hydrogens (tertiary/aromatic N) is 2. The highest BCUT2D eigenvalue weighted by molar-refractivity contribution is 6.32. The summed E-state index contributed by atoms with van der Waals surface area (Å²) in [7, 11) is 0. The van der Waals surface area contributed by atoms with E-state index in [0.717, 1.165) is 4.68 Å². The number of benzene rings is 3. The quantitative estimate of drug-likeness (QED) is 0.330. The normalized spacial score (nSPS) is 11.2. The van der Waals surface area contributed by atoms with E-state index in [1.165, 1.54) is 12.1 Å². The number of carbonyl (C=O) groups is 1. The summed E-state index contributed by atoms with van der Waals surface area (Å²) >= 11 is 6.11. The Morgan fingerprint density at radius 2 is 1.65 bits per heavy atom. The smallest absolute Gasteiger partial charge is 0.435 e. The number of ether oxygens (including phenoxy) is 2. The largest absolute Gasteiger partial charge is 0.467 e. The van der Waals surface area contributed by atoms with Crippen molar-refractivity contribution >= 4 is 23.2 Å². The third kappa shape index (κ3) is 5.68. The summed E-state index contributed by atoms with van der Waals surface area (Å²) in [5.41, 5.74) is -0.563. The van der Waals surface area contributed by atoms with Crippen LogP contribution in [0.1, 0.15) is 5.69 Å². The molecule has 1 N–H and O–H groups in total. The van der Waals surface area contributed by atoms with Gasteiger partial charge in [-0.25, -0.2) is 0 Å². The fraction of sp³-hybridized carbons (Fsp3) is 0.0833. The number of hydrogen-bond donors (Lipinski definition) is 1. The third-order valence-electron chi connectivity index (χ3n) is 4.50. The van der Waals surface area contributed by atoms with Gasteiger partial charge in [0.1, 0.15) is 11.5 Å². The van der Waals surface area contributed by atoms with E-state index in [2.05, 4.69) is 10.4 Å². The minimum absolute atomic E-state index is 0.170. The van der Waals surface area contributed by atoms with Crippen molar-refractivity contribution in [2.45, 2.75) is 6.18 Å². The van der Waals surface area contributed by atoms with Gasteiger partial charge in [-0.3, -0.25) is 4.79 Å². The van der Waals surface area contributed by atoms with Gasteiger partial charge < -0.3 is 14.8 Å². The standard InChI is InChI=1S/C24H17ClF3N3O3/c25-19-11-4-5-12-20(19)31-23(14-21(30-31)24(26,27)28)33-15-22(32)29-16-7-6-10-18(13-16)34-17-8-2-1-3-9-17/h1-14H,15H2,(H,29,32). The number of halogens is 4. The minimum atomic E-state index is -4.70. The monoisotopic (exact) mass is 487 g/mol. The topological polar surface area (TPSA) is 65.4 Å². The zero-order chi connectivity index (χ0) is 24.1. The van der Waals surface area contributed by atoms with E-state index >= 15 is 0 Å². The van der Waals surface area contributed by atoms with Crippen LogP contribution in [0.5, 0.6) is 17.4 Å². The first-order chi connectivity index (χ1) is 16.3. The lowest BCUT2D eigenvalue weighted by Crippen LogP contribution is -2.21. The Bertz CT molecular complexity index is 1290. The number of nitrogens with one attached hydrogen (secondary N) is 1. The number of amides is 1. The number of hydrogen-bond acceptors (Lipinski definition) is 4. The van der Waals surface area contributed by atoms with Crippen LogP contribution in [0, 0.1) is 0 Å². The lowest BCUT2D eigenvalue weighted by atomic mass is 10.3. The molecule has 10 heteroatoms. The van der Waals surface area contributed by atoms with E-state index in [1.54, 1.807) is 48.5 Å². The second kappa shape index (κ2) is 9.88. The van der Waals surface area contributed by atoms with E-state index in [0.29, 0.717) is 23.3 Å². The van der Waals surface area contributed by atoms with Crippen LogP contribution in [-0.4, -0.2) is 22.3 Å². The first-order valence-corrected chi connectivity index (χ1v) is 10.4. The van der Waals surface area contributed by atoms with Crippen LogP contribution in [-0.2, 0) is 11.0 Å². The Morgan fingerprint density at radius 1 is 0.941 bits per heavy atom. The molecule has 0 atom stereocenters. The van der Waals surface area contributed by atoms with E-state index in [1.807, 2.05) is 18.2 Å². The Labute approximate surface area is 197 Å². The number of rotatable bonds is 7. The van der Waals surface area contributed by atoms with Crippen molar-refractivity contribution in [1.29, 1.82) is 0 Å². The molecular weight excluding hydrogens is 471 g/mol. The zero-order valence-corrected chi connectivity index (χ0v) is 18.2. The summed E-state index contributed by atoms with van der Waals surface area (Å²) in [4.78, 5) is 12.4. The van der Waals surface area contributed by atoms with Crippen molar-refractivity contribution in [3.63, 3.8) is 0 Å². The third-order valence-corrected chi connectivity index (χ3v) is 4.82. The summed E-state index contributed by atoms with van der Waals surface area (Å²) in [6.07, 6.45) is -4.70. The van der Waals surface area contributed by atoms with E-state index in [-0.39, 0.29) is 16.6 Å². The van der Waals surface area contributed by atoms with Crippen molar-refractivity contribution in [1.82, 2.24) is 9.78 Å². The molecule has 0 bridgehead atoms. The van der Waals surface area contributed by atoms with Gasteiger partial charge in [-0.15, -0.1) is 0 Å². The molecule has 0 saturated carbocycles. The molecule has 1 heterocycles. The number of para-hydroxylation sites is 2. The molecule has 34 heavy (non-hydrogen) atoms. The van der Waals surface area contributed by atoms with Gasteiger partial charge in [-0.1, -0.05) is 48.0 Å². The zero-order valence-electron chi connectivity index (χ0n) is 17.4. The summed E-state index contributed by atoms with van der Waals surface area (Å²) in [5, 5.41) is 6.35. The Kier molecular flexibility index (Phi) is 6.74. The molecule has 1 aromatic heterocycles. The van der Waals surface area contributed by atoms with Gasteiger partial charge in [-0.2, -0.15) is 23.0 Å². The van der Waals surface area contributed by atoms with Gasteiger partial charge in [0.15, 0.2) is 12.3 Å². The van der Waals surface area contributed by atoms with Gasteiger partial charge in [0.2, 0.25) is 5.88 Å². The number of alkyl halides is 3. The first kappa shape index (κ1) is 23.2. The van der Waals surface area contributed by atoms with Crippen molar-refractivity contribution in [3.8, 4) is 23.1 Å². The van der Waals surface area contributed by atoms with Crippen LogP contribution in [0.2, 0.25) is 5.02 Å². The van der Waals surface area contributed by atoms with Crippen LogP contribution in [0.25, 0.3) is 5.69 Å². The molecule has 0 aliphatic heterocycles. The second-order valence-corrected chi connectivity index (χ2v) is 7.42. The lowest BCUT2D eigenvalue weighted by molar-refractivity contribution is -0.141. The molecule has 3 aromatic carbocycles. The van der Waals surface area contributed by atoms with Crippen LogP contribution in [0.4, 0.5) is 18.9 Å². The highest BCUT2D eigenvalue weighted by Gasteiger charge is 2.36. The van der Waals surface area contributed by atoms with Gasteiger partial charge >= 0.3 is 6.18 Å². The maximum absolute atomic E-state index is 13.2. The average Bonchev–Trinajstić information content (AvgIpc) is 3.24. The Hall–Kier alpha value is -3.98. The molecule has 0 radical (unpaired) electrons. The highest BCUT2D eigenvalue weighted by atomic mass is 35.5. The van der Waals surface area contributed by atoms with Crippen LogP contribution < -0.4 is 14.8 Å². The van der Waals surface area contributed by atoms with Crippen molar-refractivity contribution in [3.05, 3.63) is 95.6 Å². The summed E-state index contributed by atoms with van der Waals surface area (Å²) in [5.74, 6) is 0.258. The van der Waals surface area contributed by atoms with Gasteiger partial charge in [0, 0.05) is 17.8 Å². The molecule has 0 fully saturated rings. The molecule has 0 unspecified atom stereocenters. The van der Waals surface area contributed by atoms with Crippen LogP contribution in [0.15, 0.2) is 84.9 Å². The Balaban J connectivity index is 1.46. The fourth-order valence-corrected chi connectivity index (χ4v) is 3.22. The molecule has 6 nitrogen and oxygen atoms in total. The predicted octanol–water partition coefficient (Wildman–Crippen LogP) is 6.35. The molecule has 4 aromatic rings. The molecule has 0 saturated heterocycles. The maximum Gasteiger partial charge on any atom is 0.435 e. The van der Waals surface area contributed by atoms with Crippen LogP contribution in [0.3, 0.4) is 0 Å². The van der Waals surface area contributed by atoms with Gasteiger partial charge in [-0.05, 0) is 36.4 Å². The molecular formula is C24H17ClF3N3O3.